The van der Waals surface area contributed by atoms with Gasteiger partial charge in [-0.2, -0.15) is 0 Å². The van der Waals surface area contributed by atoms with Crippen LogP contribution in [0.1, 0.15) is 26.3 Å². The van der Waals surface area contributed by atoms with Crippen LogP contribution in [0.15, 0.2) is 30.3 Å². The fraction of sp³-hybridized carbons (Fsp3) is 0.500. The molecule has 0 aromatic heterocycles. The molecule has 120 valence electrons. The van der Waals surface area contributed by atoms with Gasteiger partial charge in [0.05, 0.1) is 19.7 Å². The lowest BCUT2D eigenvalue weighted by Crippen LogP contribution is -2.69. The molecule has 1 aromatic rings. The smallest absolute Gasteiger partial charge is 0.410 e. The summed E-state index contributed by atoms with van der Waals surface area (Å²) in [5.74, 6) is -1.07. The number of ether oxygens (including phenoxy) is 2. The zero-order valence-corrected chi connectivity index (χ0v) is 13.0. The third kappa shape index (κ3) is 3.76. The van der Waals surface area contributed by atoms with E-state index in [1.807, 2.05) is 30.3 Å². The van der Waals surface area contributed by atoms with Crippen LogP contribution in [0.5, 0.6) is 0 Å². The molecule has 0 spiro atoms. The first-order chi connectivity index (χ1) is 10.2. The van der Waals surface area contributed by atoms with Crippen molar-refractivity contribution < 1.29 is 24.2 Å². The van der Waals surface area contributed by atoms with Crippen LogP contribution in [0, 0.1) is 0 Å². The highest BCUT2D eigenvalue weighted by Crippen LogP contribution is 2.28. The minimum absolute atomic E-state index is 0.00984. The van der Waals surface area contributed by atoms with Crippen molar-refractivity contribution in [3.63, 3.8) is 0 Å². The summed E-state index contributed by atoms with van der Waals surface area (Å²) in [6.07, 6.45) is -0.521. The number of carboxylic acid groups (broad SMARTS) is 1. The molecule has 1 aliphatic heterocycles. The topological polar surface area (TPSA) is 76.1 Å². The van der Waals surface area contributed by atoms with Gasteiger partial charge in [-0.1, -0.05) is 30.3 Å². The normalized spacial score (nSPS) is 16.8. The van der Waals surface area contributed by atoms with E-state index in [0.717, 1.165) is 5.56 Å². The van der Waals surface area contributed by atoms with Crippen LogP contribution >= 0.6 is 0 Å². The van der Waals surface area contributed by atoms with Crippen LogP contribution in [0.25, 0.3) is 0 Å². The number of benzene rings is 1. The van der Waals surface area contributed by atoms with E-state index in [0.29, 0.717) is 0 Å². The predicted molar refractivity (Wildman–Crippen MR) is 79.4 cm³/mol. The zero-order chi connectivity index (χ0) is 16.4. The van der Waals surface area contributed by atoms with Gasteiger partial charge in [0, 0.05) is 0 Å². The number of hydrogen-bond acceptors (Lipinski definition) is 4. The molecule has 6 nitrogen and oxygen atoms in total. The number of aliphatic carboxylic acids is 1. The first-order valence-corrected chi connectivity index (χ1v) is 7.11. The lowest BCUT2D eigenvalue weighted by atomic mass is 9.94. The van der Waals surface area contributed by atoms with E-state index < -0.39 is 23.3 Å². The number of amides is 1. The molecule has 1 saturated heterocycles. The summed E-state index contributed by atoms with van der Waals surface area (Å²) in [6.45, 7) is 5.46. The van der Waals surface area contributed by atoms with Crippen LogP contribution in [0.2, 0.25) is 0 Å². The molecule has 0 aliphatic carbocycles. The summed E-state index contributed by atoms with van der Waals surface area (Å²) in [5, 5.41) is 9.39. The van der Waals surface area contributed by atoms with Crippen LogP contribution < -0.4 is 0 Å². The summed E-state index contributed by atoms with van der Waals surface area (Å²) in [5.41, 5.74) is -1.07. The van der Waals surface area contributed by atoms with Crippen molar-refractivity contribution in [1.29, 1.82) is 0 Å². The van der Waals surface area contributed by atoms with Crippen molar-refractivity contribution in [3.05, 3.63) is 35.9 Å². The Morgan fingerprint density at radius 2 is 1.82 bits per heavy atom. The van der Waals surface area contributed by atoms with Gasteiger partial charge in [0.1, 0.15) is 5.60 Å². The highest BCUT2D eigenvalue weighted by molar-refractivity contribution is 5.83. The fourth-order valence-electron chi connectivity index (χ4n) is 2.11. The molecule has 1 aromatic carbocycles. The van der Waals surface area contributed by atoms with Crippen molar-refractivity contribution in [3.8, 4) is 0 Å². The zero-order valence-electron chi connectivity index (χ0n) is 13.0. The van der Waals surface area contributed by atoms with Crippen LogP contribution in [-0.4, -0.2) is 46.4 Å². The second-order valence-electron chi connectivity index (χ2n) is 6.41. The number of likely N-dealkylation sites (tertiary alicyclic amines) is 1. The maximum absolute atomic E-state index is 11.9. The van der Waals surface area contributed by atoms with Crippen LogP contribution in [0.3, 0.4) is 0 Å². The average Bonchev–Trinajstić information content (AvgIpc) is 2.36. The Bertz CT molecular complexity index is 543. The lowest BCUT2D eigenvalue weighted by molar-refractivity contribution is -0.191. The Hall–Kier alpha value is -2.08. The van der Waals surface area contributed by atoms with Crippen molar-refractivity contribution >= 4 is 12.1 Å². The maximum Gasteiger partial charge on any atom is 0.410 e. The van der Waals surface area contributed by atoms with E-state index in [-0.39, 0.29) is 19.7 Å². The Balaban J connectivity index is 1.93. The van der Waals surface area contributed by atoms with Crippen molar-refractivity contribution in [2.24, 2.45) is 0 Å². The van der Waals surface area contributed by atoms with Gasteiger partial charge in [0.15, 0.2) is 0 Å². The van der Waals surface area contributed by atoms with E-state index in [1.54, 1.807) is 20.8 Å². The van der Waals surface area contributed by atoms with Gasteiger partial charge >= 0.3 is 12.1 Å². The molecule has 6 heteroatoms. The quantitative estimate of drug-likeness (QED) is 0.923. The first kappa shape index (κ1) is 16.3. The molecular formula is C16H21NO5. The van der Waals surface area contributed by atoms with Gasteiger partial charge in [0.2, 0.25) is 5.60 Å². The van der Waals surface area contributed by atoms with Gasteiger partial charge in [-0.15, -0.1) is 0 Å². The Morgan fingerprint density at radius 3 is 2.32 bits per heavy atom. The number of carbonyl (C=O) groups excluding carboxylic acids is 1. The third-order valence-electron chi connectivity index (χ3n) is 3.29. The molecule has 1 fully saturated rings. The van der Waals surface area contributed by atoms with Gasteiger partial charge in [-0.05, 0) is 26.3 Å². The van der Waals surface area contributed by atoms with E-state index in [9.17, 15) is 14.7 Å². The first-order valence-electron chi connectivity index (χ1n) is 7.11. The number of rotatable bonds is 4. The Kier molecular flexibility index (Phi) is 4.42. The number of carbonyl (C=O) groups is 2. The number of carboxylic acids is 1. The largest absolute Gasteiger partial charge is 0.479 e. The Morgan fingerprint density at radius 1 is 1.23 bits per heavy atom. The molecule has 0 saturated carbocycles. The van der Waals surface area contributed by atoms with Gasteiger partial charge in [-0.3, -0.25) is 0 Å². The molecule has 1 amide bonds. The number of hydrogen-bond donors (Lipinski definition) is 1. The summed E-state index contributed by atoms with van der Waals surface area (Å²) >= 11 is 0. The van der Waals surface area contributed by atoms with Crippen LogP contribution in [0.4, 0.5) is 4.79 Å². The molecule has 1 heterocycles. The standard InChI is InChI=1S/C16H21NO5/c1-15(2,3)22-14(20)17-10-16(11-17,13(18)19)21-9-12-7-5-4-6-8-12/h4-8H,9-11H2,1-3H3,(H,18,19). The molecule has 0 radical (unpaired) electrons. The molecule has 22 heavy (non-hydrogen) atoms. The third-order valence-corrected chi connectivity index (χ3v) is 3.29. The van der Waals surface area contributed by atoms with Crippen molar-refractivity contribution in [1.82, 2.24) is 4.90 Å². The van der Waals surface area contributed by atoms with E-state index >= 15 is 0 Å². The van der Waals surface area contributed by atoms with Gasteiger partial charge in [0.25, 0.3) is 0 Å². The minimum atomic E-state index is -1.35. The summed E-state index contributed by atoms with van der Waals surface area (Å²) < 4.78 is 10.8. The second-order valence-corrected chi connectivity index (χ2v) is 6.41. The molecule has 0 bridgehead atoms. The molecular weight excluding hydrogens is 286 g/mol. The molecule has 1 N–H and O–H groups in total. The second kappa shape index (κ2) is 5.96. The monoisotopic (exact) mass is 307 g/mol. The van der Waals surface area contributed by atoms with Gasteiger partial charge < -0.3 is 19.5 Å². The average molecular weight is 307 g/mol. The van der Waals surface area contributed by atoms with Crippen molar-refractivity contribution in [2.75, 3.05) is 13.1 Å². The summed E-state index contributed by atoms with van der Waals surface area (Å²) in [4.78, 5) is 24.7. The predicted octanol–water partition coefficient (Wildman–Crippen LogP) is 2.28. The van der Waals surface area contributed by atoms with Crippen LogP contribution in [-0.2, 0) is 20.9 Å². The minimum Gasteiger partial charge on any atom is -0.479 e. The molecule has 0 unspecified atom stereocenters. The fourth-order valence-corrected chi connectivity index (χ4v) is 2.11. The van der Waals surface area contributed by atoms with Gasteiger partial charge in [-0.25, -0.2) is 9.59 Å². The van der Waals surface area contributed by atoms with E-state index in [2.05, 4.69) is 0 Å². The molecule has 1 aliphatic rings. The van der Waals surface area contributed by atoms with E-state index in [4.69, 9.17) is 9.47 Å². The highest BCUT2D eigenvalue weighted by atomic mass is 16.6. The molecule has 0 atom stereocenters. The van der Waals surface area contributed by atoms with E-state index in [1.165, 1.54) is 4.90 Å². The summed E-state index contributed by atoms with van der Waals surface area (Å²) in [6, 6.07) is 9.32. The Labute approximate surface area is 129 Å². The SMILES string of the molecule is CC(C)(C)OC(=O)N1CC(OCc2ccccc2)(C(=O)O)C1. The highest BCUT2D eigenvalue weighted by Gasteiger charge is 2.53. The molecule has 2 rings (SSSR count). The maximum atomic E-state index is 11.9. The summed E-state index contributed by atoms with van der Waals surface area (Å²) in [7, 11) is 0. The van der Waals surface area contributed by atoms with Crippen molar-refractivity contribution in [2.45, 2.75) is 38.6 Å². The number of nitrogens with zero attached hydrogens (tertiary/aromatic N) is 1. The lowest BCUT2D eigenvalue weighted by Gasteiger charge is -2.46.